The number of rotatable bonds is 7. The molecule has 1 rings (SSSR count). The summed E-state index contributed by atoms with van der Waals surface area (Å²) >= 11 is 0. The fourth-order valence-electron chi connectivity index (χ4n) is 2.07. The van der Waals surface area contributed by atoms with E-state index in [0.29, 0.717) is 0 Å². The number of hydrogen-bond acceptors (Lipinski definition) is 1. The van der Waals surface area contributed by atoms with Crippen molar-refractivity contribution in [3.05, 3.63) is 34.6 Å². The smallest absolute Gasteiger partial charge is 0.257 e. The predicted octanol–water partition coefficient (Wildman–Crippen LogP) is 4.33. The van der Waals surface area contributed by atoms with Gasteiger partial charge in [-0.15, -0.1) is 0 Å². The van der Waals surface area contributed by atoms with Crippen LogP contribution >= 0.6 is 0 Å². The zero-order valence-electron chi connectivity index (χ0n) is 12.4. The van der Waals surface area contributed by atoms with Gasteiger partial charge in [-0.3, -0.25) is 4.79 Å². The van der Waals surface area contributed by atoms with Crippen LogP contribution in [-0.2, 0) is 0 Å². The number of carbonyl (C=O) groups is 1. The van der Waals surface area contributed by atoms with Gasteiger partial charge >= 0.3 is 0 Å². The van der Waals surface area contributed by atoms with E-state index in [0.717, 1.165) is 25.7 Å². The van der Waals surface area contributed by atoms with Crippen molar-refractivity contribution in [3.63, 3.8) is 0 Å². The Morgan fingerprint density at radius 3 is 1.91 bits per heavy atom. The number of carbonyl (C=O) groups excluding carboxylic acids is 1. The number of hydrogen-bond donors (Lipinski definition) is 1. The van der Waals surface area contributed by atoms with Crippen molar-refractivity contribution in [2.45, 2.75) is 39.5 Å². The van der Waals surface area contributed by atoms with E-state index in [-0.39, 0.29) is 12.5 Å². The summed E-state index contributed by atoms with van der Waals surface area (Å²) in [5.74, 6) is -12.0. The second-order valence-electron chi connectivity index (χ2n) is 5.07. The van der Waals surface area contributed by atoms with Crippen LogP contribution in [0.3, 0.4) is 0 Å². The van der Waals surface area contributed by atoms with E-state index in [9.17, 15) is 26.7 Å². The monoisotopic (exact) mass is 323 g/mol. The molecule has 0 fully saturated rings. The van der Waals surface area contributed by atoms with Gasteiger partial charge in [0, 0.05) is 6.54 Å². The average molecular weight is 323 g/mol. The van der Waals surface area contributed by atoms with Crippen molar-refractivity contribution in [2.75, 3.05) is 6.54 Å². The van der Waals surface area contributed by atoms with Crippen LogP contribution in [0.4, 0.5) is 22.0 Å². The lowest BCUT2D eigenvalue weighted by Gasteiger charge is -2.16. The maximum atomic E-state index is 13.5. The fraction of sp³-hybridized carbons (Fsp3) is 0.533. The van der Waals surface area contributed by atoms with Gasteiger partial charge in [0.2, 0.25) is 5.82 Å². The number of unbranched alkanes of at least 4 members (excludes halogenated alkanes) is 1. The lowest BCUT2D eigenvalue weighted by atomic mass is 9.99. The summed E-state index contributed by atoms with van der Waals surface area (Å²) in [5, 5.41) is 2.24. The molecule has 2 nitrogen and oxygen atoms in total. The molecule has 0 aliphatic rings. The molecule has 0 aliphatic heterocycles. The molecule has 0 aromatic heterocycles. The Balaban J connectivity index is 2.91. The third kappa shape index (κ3) is 3.96. The zero-order chi connectivity index (χ0) is 16.9. The van der Waals surface area contributed by atoms with Crippen molar-refractivity contribution < 1.29 is 26.7 Å². The third-order valence-corrected chi connectivity index (χ3v) is 3.53. The normalized spacial score (nSPS) is 12.3. The Morgan fingerprint density at radius 1 is 0.955 bits per heavy atom. The van der Waals surface area contributed by atoms with Gasteiger partial charge in [0.05, 0.1) is 0 Å². The van der Waals surface area contributed by atoms with E-state index in [1.54, 1.807) is 0 Å². The van der Waals surface area contributed by atoms with Crippen molar-refractivity contribution in [1.29, 1.82) is 0 Å². The highest BCUT2D eigenvalue weighted by atomic mass is 19.2. The Labute approximate surface area is 125 Å². The van der Waals surface area contributed by atoms with Gasteiger partial charge in [-0.1, -0.05) is 33.1 Å². The molecule has 1 N–H and O–H groups in total. The lowest BCUT2D eigenvalue weighted by Crippen LogP contribution is -2.31. The first-order chi connectivity index (χ1) is 10.3. The lowest BCUT2D eigenvalue weighted by molar-refractivity contribution is 0.0934. The highest BCUT2D eigenvalue weighted by molar-refractivity contribution is 5.94. The molecule has 1 amide bonds. The Kier molecular flexibility index (Phi) is 6.77. The van der Waals surface area contributed by atoms with Crippen LogP contribution in [0.1, 0.15) is 49.9 Å². The average Bonchev–Trinajstić information content (AvgIpc) is 2.51. The minimum atomic E-state index is -2.28. The number of amides is 1. The molecular formula is C15H18F5NO. The van der Waals surface area contributed by atoms with E-state index in [1.165, 1.54) is 0 Å². The van der Waals surface area contributed by atoms with E-state index < -0.39 is 40.6 Å². The zero-order valence-corrected chi connectivity index (χ0v) is 12.4. The molecule has 0 bridgehead atoms. The molecule has 7 heteroatoms. The van der Waals surface area contributed by atoms with Crippen molar-refractivity contribution >= 4 is 5.91 Å². The molecular weight excluding hydrogens is 305 g/mol. The van der Waals surface area contributed by atoms with Gasteiger partial charge < -0.3 is 5.32 Å². The van der Waals surface area contributed by atoms with Crippen LogP contribution in [0.5, 0.6) is 0 Å². The van der Waals surface area contributed by atoms with Gasteiger partial charge in [0.25, 0.3) is 5.91 Å². The highest BCUT2D eigenvalue weighted by Crippen LogP contribution is 2.23. The summed E-state index contributed by atoms with van der Waals surface area (Å²) in [6.45, 7) is 4.01. The van der Waals surface area contributed by atoms with Crippen molar-refractivity contribution in [1.82, 2.24) is 5.32 Å². The molecule has 0 spiro atoms. The SMILES string of the molecule is CCCCC(CC)CNC(=O)c1c(F)c(F)c(F)c(F)c1F. The van der Waals surface area contributed by atoms with Crippen LogP contribution in [-0.4, -0.2) is 12.5 Å². The molecule has 1 aromatic carbocycles. The van der Waals surface area contributed by atoms with E-state index in [4.69, 9.17) is 0 Å². The van der Waals surface area contributed by atoms with E-state index >= 15 is 0 Å². The Morgan fingerprint density at radius 2 is 1.45 bits per heavy atom. The first kappa shape index (κ1) is 18.4. The first-order valence-electron chi connectivity index (χ1n) is 7.14. The van der Waals surface area contributed by atoms with Crippen molar-refractivity contribution in [2.24, 2.45) is 5.92 Å². The van der Waals surface area contributed by atoms with E-state index in [2.05, 4.69) is 5.32 Å². The molecule has 0 aliphatic carbocycles. The minimum absolute atomic E-state index is 0.0881. The van der Waals surface area contributed by atoms with Gasteiger partial charge in [0.15, 0.2) is 23.3 Å². The largest absolute Gasteiger partial charge is 0.352 e. The summed E-state index contributed by atoms with van der Waals surface area (Å²) in [5.41, 5.74) is -1.44. The van der Waals surface area contributed by atoms with Crippen molar-refractivity contribution in [3.8, 4) is 0 Å². The molecule has 0 radical (unpaired) electrons. The van der Waals surface area contributed by atoms with Gasteiger partial charge in [-0.25, -0.2) is 22.0 Å². The Bertz CT molecular complexity index is 518. The standard InChI is InChI=1S/C15H18F5NO/c1-3-5-6-8(4-2)7-21-15(22)9-10(16)12(18)14(20)13(19)11(9)17/h8H,3-7H2,1-2H3,(H,21,22). The molecule has 0 saturated carbocycles. The van der Waals surface area contributed by atoms with Crippen LogP contribution in [0.2, 0.25) is 0 Å². The van der Waals surface area contributed by atoms with Crippen LogP contribution < -0.4 is 5.32 Å². The molecule has 0 saturated heterocycles. The molecule has 0 heterocycles. The quantitative estimate of drug-likeness (QED) is 0.452. The summed E-state index contributed by atoms with van der Waals surface area (Å²) in [7, 11) is 0. The molecule has 1 aromatic rings. The highest BCUT2D eigenvalue weighted by Gasteiger charge is 2.29. The fourth-order valence-corrected chi connectivity index (χ4v) is 2.07. The molecule has 124 valence electrons. The summed E-state index contributed by atoms with van der Waals surface area (Å²) < 4.78 is 66.0. The second-order valence-corrected chi connectivity index (χ2v) is 5.07. The molecule has 22 heavy (non-hydrogen) atoms. The topological polar surface area (TPSA) is 29.1 Å². The van der Waals surface area contributed by atoms with E-state index in [1.807, 2.05) is 13.8 Å². The summed E-state index contributed by atoms with van der Waals surface area (Å²) in [6.07, 6.45) is 3.43. The maximum Gasteiger partial charge on any atom is 0.257 e. The third-order valence-electron chi connectivity index (χ3n) is 3.53. The number of nitrogens with one attached hydrogen (secondary N) is 1. The predicted molar refractivity (Wildman–Crippen MR) is 71.9 cm³/mol. The summed E-state index contributed by atoms with van der Waals surface area (Å²) in [6, 6.07) is 0. The second kappa shape index (κ2) is 8.10. The van der Waals surface area contributed by atoms with Crippen LogP contribution in [0.15, 0.2) is 0 Å². The molecule has 1 unspecified atom stereocenters. The number of benzene rings is 1. The van der Waals surface area contributed by atoms with Gasteiger partial charge in [-0.05, 0) is 12.3 Å². The maximum absolute atomic E-state index is 13.5. The summed E-state index contributed by atoms with van der Waals surface area (Å²) in [4.78, 5) is 11.7. The van der Waals surface area contributed by atoms with Gasteiger partial charge in [0.1, 0.15) is 5.56 Å². The van der Waals surface area contributed by atoms with Gasteiger partial charge in [-0.2, -0.15) is 0 Å². The number of halogens is 5. The Hall–Kier alpha value is -1.66. The molecule has 1 atom stereocenters. The minimum Gasteiger partial charge on any atom is -0.352 e. The first-order valence-corrected chi connectivity index (χ1v) is 7.14. The van der Waals surface area contributed by atoms with Crippen LogP contribution in [0, 0.1) is 35.0 Å². The van der Waals surface area contributed by atoms with Crippen LogP contribution in [0.25, 0.3) is 0 Å².